The van der Waals surface area contributed by atoms with Crippen LogP contribution >= 0.6 is 0 Å². The molecule has 0 fully saturated rings. The molecule has 0 aliphatic heterocycles. The van der Waals surface area contributed by atoms with E-state index in [0.717, 1.165) is 29.9 Å². The minimum atomic E-state index is -0.0148. The summed E-state index contributed by atoms with van der Waals surface area (Å²) in [6.45, 7) is 10.5. The van der Waals surface area contributed by atoms with E-state index in [0.29, 0.717) is 0 Å². The van der Waals surface area contributed by atoms with Gasteiger partial charge in [-0.15, -0.1) is 6.58 Å². The van der Waals surface area contributed by atoms with Crippen LogP contribution < -0.4 is 9.47 Å². The largest absolute Gasteiger partial charge is 0.493 e. The smallest absolute Gasteiger partial charge is 0.161 e. The van der Waals surface area contributed by atoms with Crippen LogP contribution in [0.1, 0.15) is 39.2 Å². The number of benzene rings is 1. The fraction of sp³-hybridized carbons (Fsp3) is 0.400. The molecule has 0 heterocycles. The van der Waals surface area contributed by atoms with E-state index in [1.807, 2.05) is 24.3 Å². The van der Waals surface area contributed by atoms with E-state index in [1.54, 1.807) is 14.2 Å². The van der Waals surface area contributed by atoms with Crippen molar-refractivity contribution in [3.8, 4) is 11.5 Å². The lowest BCUT2D eigenvalue weighted by Crippen LogP contribution is -2.08. The van der Waals surface area contributed by atoms with Gasteiger partial charge in [0.2, 0.25) is 0 Å². The summed E-state index contributed by atoms with van der Waals surface area (Å²) >= 11 is 0. The van der Waals surface area contributed by atoms with Crippen LogP contribution in [-0.2, 0) is 0 Å². The lowest BCUT2D eigenvalue weighted by molar-refractivity contribution is 0.355. The third-order valence-corrected chi connectivity index (χ3v) is 3.77. The van der Waals surface area contributed by atoms with Crippen LogP contribution in [-0.4, -0.2) is 14.2 Å². The molecule has 1 unspecified atom stereocenters. The maximum absolute atomic E-state index is 5.34. The summed E-state index contributed by atoms with van der Waals surface area (Å²) in [6, 6.07) is 5.93. The number of rotatable bonds is 8. The lowest BCUT2D eigenvalue weighted by Gasteiger charge is -2.20. The van der Waals surface area contributed by atoms with Gasteiger partial charge >= 0.3 is 0 Å². The molecule has 120 valence electrons. The maximum Gasteiger partial charge on any atom is 0.161 e. The zero-order valence-corrected chi connectivity index (χ0v) is 14.5. The molecule has 0 amide bonds. The average Bonchev–Trinajstić information content (AvgIpc) is 2.52. The van der Waals surface area contributed by atoms with Crippen molar-refractivity contribution in [2.45, 2.75) is 33.6 Å². The van der Waals surface area contributed by atoms with Gasteiger partial charge in [-0.2, -0.15) is 0 Å². The molecule has 1 rings (SSSR count). The van der Waals surface area contributed by atoms with Gasteiger partial charge in [-0.05, 0) is 44.4 Å². The first-order valence-electron chi connectivity index (χ1n) is 7.62. The van der Waals surface area contributed by atoms with Crippen LogP contribution in [0.5, 0.6) is 11.5 Å². The number of hydrogen-bond donors (Lipinski definition) is 0. The van der Waals surface area contributed by atoms with Gasteiger partial charge in [0.05, 0.1) is 14.2 Å². The van der Waals surface area contributed by atoms with Gasteiger partial charge in [-0.3, -0.25) is 0 Å². The second kappa shape index (κ2) is 8.47. The highest BCUT2D eigenvalue weighted by Crippen LogP contribution is 2.31. The highest BCUT2D eigenvalue weighted by atomic mass is 16.5. The first kappa shape index (κ1) is 18.1. The Hall–Kier alpha value is -1.96. The van der Waals surface area contributed by atoms with Crippen LogP contribution in [0, 0.1) is 5.41 Å². The van der Waals surface area contributed by atoms with E-state index in [4.69, 9.17) is 9.47 Å². The molecule has 0 aromatic heterocycles. The van der Waals surface area contributed by atoms with Crippen molar-refractivity contribution in [3.05, 3.63) is 54.1 Å². The summed E-state index contributed by atoms with van der Waals surface area (Å²) in [5.41, 5.74) is 2.43. The normalized spacial score (nSPS) is 13.5. The molecule has 0 saturated heterocycles. The first-order valence-corrected chi connectivity index (χ1v) is 7.62. The molecular formula is C20H28O2. The molecule has 22 heavy (non-hydrogen) atoms. The van der Waals surface area contributed by atoms with Gasteiger partial charge in [0.1, 0.15) is 0 Å². The molecule has 0 spiro atoms. The van der Waals surface area contributed by atoms with Crippen molar-refractivity contribution >= 4 is 6.08 Å². The van der Waals surface area contributed by atoms with Gasteiger partial charge in [0.15, 0.2) is 11.5 Å². The van der Waals surface area contributed by atoms with Crippen molar-refractivity contribution in [3.63, 3.8) is 0 Å². The summed E-state index contributed by atoms with van der Waals surface area (Å²) in [5, 5.41) is 0. The van der Waals surface area contributed by atoms with Gasteiger partial charge < -0.3 is 9.47 Å². The standard InChI is InChI=1S/C20H28O2/c1-7-20(4,13-8-9-16(2)3)14-12-17-10-11-18(21-5)19(15-17)22-6/h7,9-12,14-15H,1,8,13H2,2-6H3/b14-12+. The van der Waals surface area contributed by atoms with Crippen LogP contribution in [0.25, 0.3) is 6.08 Å². The Labute approximate surface area is 135 Å². The van der Waals surface area contributed by atoms with Crippen LogP contribution in [0.3, 0.4) is 0 Å². The fourth-order valence-electron chi connectivity index (χ4n) is 2.17. The predicted octanol–water partition coefficient (Wildman–Crippen LogP) is 5.66. The molecule has 1 aromatic rings. The molecule has 2 nitrogen and oxygen atoms in total. The zero-order chi connectivity index (χ0) is 16.6. The molecule has 2 heteroatoms. The SMILES string of the molecule is C=CC(C)(/C=C/c1ccc(OC)c(OC)c1)CCC=C(C)C. The second-order valence-corrected chi connectivity index (χ2v) is 5.98. The number of ether oxygens (including phenoxy) is 2. The second-order valence-electron chi connectivity index (χ2n) is 5.98. The Morgan fingerprint density at radius 1 is 1.18 bits per heavy atom. The first-order chi connectivity index (χ1) is 10.4. The molecule has 0 aliphatic rings. The van der Waals surface area contributed by atoms with Crippen molar-refractivity contribution in [2.75, 3.05) is 14.2 Å². The van der Waals surface area contributed by atoms with Crippen molar-refractivity contribution in [1.29, 1.82) is 0 Å². The Kier molecular flexibility index (Phi) is 6.97. The third kappa shape index (κ3) is 5.44. The average molecular weight is 300 g/mol. The van der Waals surface area contributed by atoms with E-state index >= 15 is 0 Å². The van der Waals surface area contributed by atoms with E-state index in [2.05, 4.69) is 45.6 Å². The zero-order valence-electron chi connectivity index (χ0n) is 14.5. The number of methoxy groups -OCH3 is 2. The van der Waals surface area contributed by atoms with E-state index in [-0.39, 0.29) is 5.41 Å². The van der Waals surface area contributed by atoms with Crippen molar-refractivity contribution in [2.24, 2.45) is 5.41 Å². The summed E-state index contributed by atoms with van der Waals surface area (Å²) in [5.74, 6) is 1.49. The van der Waals surface area contributed by atoms with E-state index in [1.165, 1.54) is 5.57 Å². The minimum absolute atomic E-state index is 0.0148. The Balaban J connectivity index is 2.87. The topological polar surface area (TPSA) is 18.5 Å². The van der Waals surface area contributed by atoms with Crippen molar-refractivity contribution < 1.29 is 9.47 Å². The molecule has 0 saturated carbocycles. The maximum atomic E-state index is 5.34. The molecule has 1 aromatic carbocycles. The Morgan fingerprint density at radius 3 is 2.41 bits per heavy atom. The van der Waals surface area contributed by atoms with E-state index < -0.39 is 0 Å². The lowest BCUT2D eigenvalue weighted by atomic mass is 9.84. The molecule has 0 aliphatic carbocycles. The Bertz CT molecular complexity index is 551. The minimum Gasteiger partial charge on any atom is -0.493 e. The van der Waals surface area contributed by atoms with Crippen LogP contribution in [0.4, 0.5) is 0 Å². The Morgan fingerprint density at radius 2 is 1.86 bits per heavy atom. The molecule has 1 atom stereocenters. The number of hydrogen-bond acceptors (Lipinski definition) is 2. The van der Waals surface area contributed by atoms with Gasteiger partial charge in [0, 0.05) is 5.41 Å². The van der Waals surface area contributed by atoms with Gasteiger partial charge in [-0.1, -0.05) is 42.9 Å². The molecular weight excluding hydrogens is 272 g/mol. The number of allylic oxidation sites excluding steroid dienone is 4. The third-order valence-electron chi connectivity index (χ3n) is 3.77. The quantitative estimate of drug-likeness (QED) is 0.577. The highest BCUT2D eigenvalue weighted by molar-refractivity contribution is 5.56. The molecule has 0 N–H and O–H groups in total. The van der Waals surface area contributed by atoms with Crippen LogP contribution in [0.15, 0.2) is 48.6 Å². The summed E-state index contributed by atoms with van der Waals surface area (Å²) in [6.07, 6.45) is 10.7. The van der Waals surface area contributed by atoms with Gasteiger partial charge in [-0.25, -0.2) is 0 Å². The molecule has 0 bridgehead atoms. The monoisotopic (exact) mass is 300 g/mol. The molecule has 0 radical (unpaired) electrons. The summed E-state index contributed by atoms with van der Waals surface area (Å²) < 4.78 is 10.6. The van der Waals surface area contributed by atoms with E-state index in [9.17, 15) is 0 Å². The van der Waals surface area contributed by atoms with Gasteiger partial charge in [0.25, 0.3) is 0 Å². The van der Waals surface area contributed by atoms with Crippen molar-refractivity contribution in [1.82, 2.24) is 0 Å². The fourth-order valence-corrected chi connectivity index (χ4v) is 2.17. The highest BCUT2D eigenvalue weighted by Gasteiger charge is 2.15. The predicted molar refractivity (Wildman–Crippen MR) is 95.5 cm³/mol. The van der Waals surface area contributed by atoms with Crippen LogP contribution in [0.2, 0.25) is 0 Å². The summed E-state index contributed by atoms with van der Waals surface area (Å²) in [7, 11) is 3.30. The summed E-state index contributed by atoms with van der Waals surface area (Å²) in [4.78, 5) is 0.